The number of carbonyl (C=O) groups excluding carboxylic acids is 4. The predicted molar refractivity (Wildman–Crippen MR) is 190 cm³/mol. The first-order valence-electron chi connectivity index (χ1n) is 17.6. The third kappa shape index (κ3) is 7.79. The highest BCUT2D eigenvalue weighted by Gasteiger charge is 2.62. The zero-order valence-corrected chi connectivity index (χ0v) is 31.5. The van der Waals surface area contributed by atoms with Gasteiger partial charge in [-0.2, -0.15) is 0 Å². The summed E-state index contributed by atoms with van der Waals surface area (Å²) in [4.78, 5) is 66.0. The molecule has 0 radical (unpaired) electrons. The molecule has 7 rings (SSSR count). The molecule has 15 nitrogen and oxygen atoms in total. The van der Waals surface area contributed by atoms with E-state index in [1.165, 1.54) is 23.1 Å². The van der Waals surface area contributed by atoms with Crippen LogP contribution in [0.2, 0.25) is 0 Å². The van der Waals surface area contributed by atoms with Gasteiger partial charge in [0.2, 0.25) is 27.7 Å². The van der Waals surface area contributed by atoms with E-state index in [0.717, 1.165) is 12.8 Å². The number of ether oxygens (including phenoxy) is 1. The first-order chi connectivity index (χ1) is 25.2. The molecular weight excluding hydrogens is 777 g/mol. The van der Waals surface area contributed by atoms with Crippen molar-refractivity contribution in [3.63, 3.8) is 0 Å². The van der Waals surface area contributed by atoms with Crippen molar-refractivity contribution < 1.29 is 41.2 Å². The Morgan fingerprint density at radius 2 is 1.91 bits per heavy atom. The number of halogens is 2. The van der Waals surface area contributed by atoms with Gasteiger partial charge in [0, 0.05) is 28.9 Å². The number of benzene rings is 1. The summed E-state index contributed by atoms with van der Waals surface area (Å²) in [5.74, 6) is -3.18. The molecule has 0 spiro atoms. The minimum Gasteiger partial charge on any atom is -0.471 e. The Morgan fingerprint density at radius 1 is 1.11 bits per heavy atom. The molecule has 0 bridgehead atoms. The Bertz CT molecular complexity index is 2130. The Morgan fingerprint density at radius 3 is 2.64 bits per heavy atom. The Hall–Kier alpha value is -4.45. The lowest BCUT2D eigenvalue weighted by Crippen LogP contribution is -2.58. The third-order valence-electron chi connectivity index (χ3n) is 10.1. The van der Waals surface area contributed by atoms with Crippen LogP contribution in [0.4, 0.5) is 4.39 Å². The first-order valence-corrected chi connectivity index (χ1v) is 20.0. The van der Waals surface area contributed by atoms with Gasteiger partial charge in [0.25, 0.3) is 11.8 Å². The number of carbonyl (C=O) groups is 4. The van der Waals surface area contributed by atoms with Gasteiger partial charge in [-0.15, -0.1) is 0 Å². The van der Waals surface area contributed by atoms with Gasteiger partial charge in [-0.25, -0.2) is 22.8 Å². The molecule has 2 aromatic heterocycles. The molecule has 1 aromatic carbocycles. The van der Waals surface area contributed by atoms with Crippen LogP contribution in [0.5, 0.6) is 5.88 Å². The van der Waals surface area contributed by atoms with Gasteiger partial charge < -0.3 is 24.8 Å². The van der Waals surface area contributed by atoms with Crippen LogP contribution in [-0.2, 0) is 24.4 Å². The Kier molecular flexibility index (Phi) is 10.0. The van der Waals surface area contributed by atoms with Crippen molar-refractivity contribution in [1.29, 1.82) is 0 Å². The van der Waals surface area contributed by atoms with E-state index in [1.54, 1.807) is 13.8 Å². The fourth-order valence-corrected chi connectivity index (χ4v) is 8.85. The Balaban J connectivity index is 1.20. The van der Waals surface area contributed by atoms with Gasteiger partial charge in [-0.1, -0.05) is 30.2 Å². The fourth-order valence-electron chi connectivity index (χ4n) is 6.98. The van der Waals surface area contributed by atoms with Crippen LogP contribution < -0.4 is 20.1 Å². The van der Waals surface area contributed by atoms with Gasteiger partial charge in [-0.3, -0.25) is 23.9 Å². The van der Waals surface area contributed by atoms with E-state index in [1.807, 2.05) is 12.2 Å². The van der Waals surface area contributed by atoms with Crippen LogP contribution in [-0.4, -0.2) is 87.6 Å². The quantitative estimate of drug-likeness (QED) is 0.296. The normalized spacial score (nSPS) is 27.1. The van der Waals surface area contributed by atoms with Crippen LogP contribution in [0.15, 0.2) is 39.3 Å². The molecule has 282 valence electrons. The van der Waals surface area contributed by atoms with Crippen molar-refractivity contribution in [3.05, 3.63) is 57.8 Å². The van der Waals surface area contributed by atoms with Crippen molar-refractivity contribution in [3.8, 4) is 5.88 Å². The molecule has 1 saturated heterocycles. The standard InChI is InChI=1S/C35H39BrFN7O8S/c1-18-12-27(42-52-18)30(45)39-25-9-7-5-3-4-6-8-20-16-35(20,34(48)43-53(49,50)23-10-11-23)41-31(46)28-15-22(17-44(28)33(25)47)51-32-19(2)38-29-24(36)13-21(37)14-26(29)40-32/h6,8,12-14,20,22-23,25,28H,3-5,7,9-11,15-17H2,1-2H3,(H,39,45)(H,41,46)(H,43,48)/b8-6-/t20?,22-,25+,28+,35-/m1/s1. The fraction of sp³-hybridized carbons (Fsp3) is 0.514. The van der Waals surface area contributed by atoms with Crippen LogP contribution in [0.25, 0.3) is 11.0 Å². The van der Waals surface area contributed by atoms with E-state index in [0.29, 0.717) is 47.1 Å². The zero-order valence-electron chi connectivity index (χ0n) is 29.1. The molecule has 3 fully saturated rings. The molecule has 3 N–H and O–H groups in total. The van der Waals surface area contributed by atoms with Gasteiger partial charge in [0.05, 0.1) is 17.3 Å². The number of sulfonamides is 1. The van der Waals surface area contributed by atoms with Crippen molar-refractivity contribution in [2.45, 2.75) is 101 Å². The Labute approximate surface area is 313 Å². The monoisotopic (exact) mass is 815 g/mol. The highest BCUT2D eigenvalue weighted by molar-refractivity contribution is 9.10. The number of aromatic nitrogens is 3. The van der Waals surface area contributed by atoms with Gasteiger partial charge in [0.1, 0.15) is 46.5 Å². The highest BCUT2D eigenvalue weighted by atomic mass is 79.9. The van der Waals surface area contributed by atoms with Gasteiger partial charge in [-0.05, 0) is 74.4 Å². The van der Waals surface area contributed by atoms with E-state index in [4.69, 9.17) is 9.26 Å². The number of hydrogen-bond donors (Lipinski definition) is 3. The maximum atomic E-state index is 14.5. The molecule has 1 unspecified atom stereocenters. The summed E-state index contributed by atoms with van der Waals surface area (Å²) in [5, 5.41) is 8.72. The molecule has 2 aliphatic heterocycles. The van der Waals surface area contributed by atoms with Crippen LogP contribution in [0.3, 0.4) is 0 Å². The number of nitrogens with one attached hydrogen (secondary N) is 3. The van der Waals surface area contributed by atoms with E-state index < -0.39 is 74.4 Å². The summed E-state index contributed by atoms with van der Waals surface area (Å²) < 4.78 is 53.8. The first kappa shape index (κ1) is 36.9. The molecule has 3 aromatic rings. The number of allylic oxidation sites excluding steroid dienone is 1. The van der Waals surface area contributed by atoms with Crippen molar-refractivity contribution in [2.75, 3.05) is 6.54 Å². The van der Waals surface area contributed by atoms with Crippen molar-refractivity contribution in [1.82, 2.24) is 35.4 Å². The van der Waals surface area contributed by atoms with Gasteiger partial charge >= 0.3 is 0 Å². The topological polar surface area (TPSA) is 203 Å². The van der Waals surface area contributed by atoms with Crippen molar-refractivity contribution in [2.24, 2.45) is 5.92 Å². The van der Waals surface area contributed by atoms with Crippen molar-refractivity contribution >= 4 is 60.6 Å². The lowest BCUT2D eigenvalue weighted by molar-refractivity contribution is -0.141. The van der Waals surface area contributed by atoms with Gasteiger partial charge in [0.15, 0.2) is 5.69 Å². The second-order valence-electron chi connectivity index (χ2n) is 14.2. The van der Waals surface area contributed by atoms with Crippen LogP contribution in [0, 0.1) is 25.6 Å². The van der Waals surface area contributed by atoms with Crippen LogP contribution >= 0.6 is 15.9 Å². The minimum absolute atomic E-state index is 0.00411. The molecule has 2 saturated carbocycles. The minimum atomic E-state index is -3.92. The maximum Gasteiger partial charge on any atom is 0.274 e. The molecular formula is C35H39BrFN7O8S. The summed E-state index contributed by atoms with van der Waals surface area (Å²) in [7, 11) is -3.92. The summed E-state index contributed by atoms with van der Waals surface area (Å²) in [6.07, 6.45) is 7.00. The summed E-state index contributed by atoms with van der Waals surface area (Å²) >= 11 is 3.31. The molecule has 4 heterocycles. The molecule has 4 amide bonds. The second-order valence-corrected chi connectivity index (χ2v) is 17.0. The number of aryl methyl sites for hydroxylation is 2. The lowest BCUT2D eigenvalue weighted by Gasteiger charge is -2.29. The van der Waals surface area contributed by atoms with E-state index in [9.17, 15) is 32.0 Å². The molecule has 5 atom stereocenters. The molecule has 53 heavy (non-hydrogen) atoms. The highest BCUT2D eigenvalue weighted by Crippen LogP contribution is 2.46. The third-order valence-corrected chi connectivity index (χ3v) is 12.5. The smallest absolute Gasteiger partial charge is 0.274 e. The van der Waals surface area contributed by atoms with E-state index in [2.05, 4.69) is 46.4 Å². The molecule has 18 heteroatoms. The average Bonchev–Trinajstić information content (AvgIpc) is 3.99. The molecule has 2 aliphatic carbocycles. The summed E-state index contributed by atoms with van der Waals surface area (Å²) in [5.41, 5.74) is -0.508. The number of rotatable bonds is 7. The zero-order chi connectivity index (χ0) is 37.7. The van der Waals surface area contributed by atoms with E-state index in [-0.39, 0.29) is 42.9 Å². The predicted octanol–water partition coefficient (Wildman–Crippen LogP) is 3.29. The largest absolute Gasteiger partial charge is 0.471 e. The second kappa shape index (κ2) is 14.4. The average molecular weight is 817 g/mol. The SMILES string of the molecule is Cc1cc(C(=O)N[C@H]2CCCCC/C=C\C3C[C@@]3(C(=O)NS(=O)(=O)C3CC3)NC(=O)[C@@H]3C[C@@H](Oc4nc5cc(F)cc(Br)c5nc4C)CN3C2=O)no1. The number of amides is 4. The number of nitrogens with zero attached hydrogens (tertiary/aromatic N) is 4. The number of fused-ring (bicyclic) bond motifs is 3. The van der Waals surface area contributed by atoms with Crippen LogP contribution in [0.1, 0.15) is 79.7 Å². The van der Waals surface area contributed by atoms with E-state index >= 15 is 0 Å². The molecule has 4 aliphatic rings. The maximum absolute atomic E-state index is 14.5. The summed E-state index contributed by atoms with van der Waals surface area (Å²) in [6.45, 7) is 3.20. The number of hydrogen-bond acceptors (Lipinski definition) is 11. The summed E-state index contributed by atoms with van der Waals surface area (Å²) in [6, 6.07) is 1.71. The lowest BCUT2D eigenvalue weighted by atomic mass is 10.0.